The summed E-state index contributed by atoms with van der Waals surface area (Å²) in [7, 11) is 0. The summed E-state index contributed by atoms with van der Waals surface area (Å²) in [6.07, 6.45) is 10.2. The van der Waals surface area contributed by atoms with Crippen LogP contribution in [0.3, 0.4) is 0 Å². The van der Waals surface area contributed by atoms with E-state index in [1.165, 1.54) is 25.7 Å². The third-order valence-corrected chi connectivity index (χ3v) is 4.01. The van der Waals surface area contributed by atoms with E-state index in [0.717, 1.165) is 24.5 Å². The zero-order chi connectivity index (χ0) is 15.9. The number of anilines is 3. The Bertz CT molecular complexity index is 686. The molecule has 0 atom stereocenters. The molecule has 1 aliphatic rings. The molecule has 2 N–H and O–H groups in total. The van der Waals surface area contributed by atoms with Crippen LogP contribution in [0.25, 0.3) is 0 Å². The topological polar surface area (TPSA) is 62.7 Å². The Labute approximate surface area is 141 Å². The molecular weight excluding hydrogens is 310 g/mol. The van der Waals surface area contributed by atoms with Gasteiger partial charge in [-0.1, -0.05) is 29.3 Å². The van der Waals surface area contributed by atoms with Crippen molar-refractivity contribution in [3.05, 3.63) is 47.1 Å². The van der Waals surface area contributed by atoms with Gasteiger partial charge in [0.25, 0.3) is 0 Å². The molecule has 0 spiro atoms. The van der Waals surface area contributed by atoms with Crippen LogP contribution in [0.2, 0.25) is 5.02 Å². The van der Waals surface area contributed by atoms with Crippen LogP contribution in [0, 0.1) is 0 Å². The molecule has 120 valence electrons. The first-order valence-electron chi connectivity index (χ1n) is 7.94. The average molecular weight is 330 g/mol. The SMILES string of the molecule is Clc1cccc(Nc2nncc(NCCC3=CCCCC3)n2)c1. The standard InChI is InChI=1S/C17H20ClN5/c18-14-7-4-8-15(11-14)21-17-22-16(12-20-23-17)19-10-9-13-5-2-1-3-6-13/h4-5,7-8,11-12H,1-3,6,9-10H2,(H2,19,21,22,23). The van der Waals surface area contributed by atoms with Gasteiger partial charge in [0.2, 0.25) is 5.95 Å². The Kier molecular flexibility index (Phi) is 5.42. The largest absolute Gasteiger partial charge is 0.368 e. The van der Waals surface area contributed by atoms with Crippen molar-refractivity contribution in [2.45, 2.75) is 32.1 Å². The van der Waals surface area contributed by atoms with Gasteiger partial charge >= 0.3 is 0 Å². The fraction of sp³-hybridized carbons (Fsp3) is 0.353. The molecule has 0 fully saturated rings. The Hall–Kier alpha value is -2.14. The summed E-state index contributed by atoms with van der Waals surface area (Å²) in [5.41, 5.74) is 2.38. The van der Waals surface area contributed by atoms with Crippen molar-refractivity contribution in [2.75, 3.05) is 17.2 Å². The van der Waals surface area contributed by atoms with Gasteiger partial charge in [-0.15, -0.1) is 5.10 Å². The quantitative estimate of drug-likeness (QED) is 0.760. The van der Waals surface area contributed by atoms with E-state index in [0.29, 0.717) is 11.0 Å². The molecule has 1 aliphatic carbocycles. The summed E-state index contributed by atoms with van der Waals surface area (Å²) in [6, 6.07) is 7.42. The molecule has 23 heavy (non-hydrogen) atoms. The molecule has 2 aromatic rings. The van der Waals surface area contributed by atoms with Crippen LogP contribution in [-0.4, -0.2) is 21.7 Å². The van der Waals surface area contributed by atoms with Crippen LogP contribution in [0.15, 0.2) is 42.1 Å². The maximum absolute atomic E-state index is 5.97. The van der Waals surface area contributed by atoms with E-state index in [-0.39, 0.29) is 0 Å². The molecule has 1 aromatic carbocycles. The molecule has 0 bridgehead atoms. The zero-order valence-corrected chi connectivity index (χ0v) is 13.7. The molecule has 3 rings (SSSR count). The minimum absolute atomic E-state index is 0.453. The van der Waals surface area contributed by atoms with Gasteiger partial charge in [0.15, 0.2) is 5.82 Å². The van der Waals surface area contributed by atoms with Gasteiger partial charge in [0.05, 0.1) is 6.20 Å². The van der Waals surface area contributed by atoms with Crippen molar-refractivity contribution in [1.82, 2.24) is 15.2 Å². The fourth-order valence-electron chi connectivity index (χ4n) is 2.62. The summed E-state index contributed by atoms with van der Waals surface area (Å²) in [5, 5.41) is 15.1. The highest BCUT2D eigenvalue weighted by molar-refractivity contribution is 6.30. The van der Waals surface area contributed by atoms with Crippen molar-refractivity contribution in [1.29, 1.82) is 0 Å². The maximum Gasteiger partial charge on any atom is 0.249 e. The summed E-state index contributed by atoms with van der Waals surface area (Å²) in [4.78, 5) is 4.42. The summed E-state index contributed by atoms with van der Waals surface area (Å²) >= 11 is 5.97. The minimum Gasteiger partial charge on any atom is -0.368 e. The minimum atomic E-state index is 0.453. The number of halogens is 1. The molecule has 0 aliphatic heterocycles. The molecule has 1 aromatic heterocycles. The molecule has 0 saturated carbocycles. The molecule has 1 heterocycles. The lowest BCUT2D eigenvalue weighted by Gasteiger charge is -2.13. The van der Waals surface area contributed by atoms with E-state index in [9.17, 15) is 0 Å². The predicted octanol–water partition coefficient (Wildman–Crippen LogP) is 4.57. The number of rotatable bonds is 6. The Morgan fingerprint density at radius 1 is 1.22 bits per heavy atom. The van der Waals surface area contributed by atoms with Gasteiger partial charge in [-0.3, -0.25) is 0 Å². The number of hydrogen-bond donors (Lipinski definition) is 2. The summed E-state index contributed by atoms with van der Waals surface area (Å²) < 4.78 is 0. The Morgan fingerprint density at radius 2 is 2.17 bits per heavy atom. The molecule has 5 nitrogen and oxygen atoms in total. The number of nitrogens with one attached hydrogen (secondary N) is 2. The van der Waals surface area contributed by atoms with E-state index < -0.39 is 0 Å². The van der Waals surface area contributed by atoms with E-state index in [1.54, 1.807) is 11.8 Å². The van der Waals surface area contributed by atoms with E-state index >= 15 is 0 Å². The molecule has 0 radical (unpaired) electrons. The van der Waals surface area contributed by atoms with Gasteiger partial charge in [-0.2, -0.15) is 10.1 Å². The van der Waals surface area contributed by atoms with Crippen molar-refractivity contribution >= 4 is 29.1 Å². The second kappa shape index (κ2) is 7.92. The first-order chi connectivity index (χ1) is 11.3. The molecule has 0 saturated heterocycles. The Morgan fingerprint density at radius 3 is 3.00 bits per heavy atom. The first-order valence-corrected chi connectivity index (χ1v) is 8.31. The highest BCUT2D eigenvalue weighted by Gasteiger charge is 2.05. The van der Waals surface area contributed by atoms with Crippen molar-refractivity contribution in [3.63, 3.8) is 0 Å². The summed E-state index contributed by atoms with van der Waals surface area (Å²) in [5.74, 6) is 1.18. The average Bonchev–Trinajstić information content (AvgIpc) is 2.56. The third-order valence-electron chi connectivity index (χ3n) is 3.78. The zero-order valence-electron chi connectivity index (χ0n) is 12.9. The smallest absolute Gasteiger partial charge is 0.249 e. The second-order valence-corrected chi connectivity index (χ2v) is 6.02. The number of allylic oxidation sites excluding steroid dienone is 1. The molecule has 6 heteroatoms. The normalized spacial score (nSPS) is 14.2. The lowest BCUT2D eigenvalue weighted by Crippen LogP contribution is -2.08. The number of aromatic nitrogens is 3. The van der Waals surface area contributed by atoms with Gasteiger partial charge in [-0.25, -0.2) is 0 Å². The van der Waals surface area contributed by atoms with Crippen molar-refractivity contribution < 1.29 is 0 Å². The van der Waals surface area contributed by atoms with Gasteiger partial charge < -0.3 is 10.6 Å². The number of benzene rings is 1. The van der Waals surface area contributed by atoms with Gasteiger partial charge in [0, 0.05) is 17.3 Å². The van der Waals surface area contributed by atoms with E-state index in [2.05, 4.69) is 31.9 Å². The lowest BCUT2D eigenvalue weighted by atomic mass is 9.97. The van der Waals surface area contributed by atoms with E-state index in [4.69, 9.17) is 11.6 Å². The number of nitrogens with zero attached hydrogens (tertiary/aromatic N) is 3. The van der Waals surface area contributed by atoms with Crippen LogP contribution < -0.4 is 10.6 Å². The molecular formula is C17H20ClN5. The van der Waals surface area contributed by atoms with Crippen molar-refractivity contribution in [2.24, 2.45) is 0 Å². The van der Waals surface area contributed by atoms with Gasteiger partial charge in [-0.05, 0) is 50.3 Å². The first kappa shape index (κ1) is 15.7. The van der Waals surface area contributed by atoms with Crippen molar-refractivity contribution in [3.8, 4) is 0 Å². The highest BCUT2D eigenvalue weighted by Crippen LogP contribution is 2.20. The van der Waals surface area contributed by atoms with E-state index in [1.807, 2.05) is 24.3 Å². The molecule has 0 amide bonds. The monoisotopic (exact) mass is 329 g/mol. The second-order valence-electron chi connectivity index (χ2n) is 5.59. The molecule has 0 unspecified atom stereocenters. The summed E-state index contributed by atoms with van der Waals surface area (Å²) in [6.45, 7) is 0.862. The Balaban J connectivity index is 1.55. The van der Waals surface area contributed by atoms with Crippen LogP contribution in [0.5, 0.6) is 0 Å². The van der Waals surface area contributed by atoms with Crippen LogP contribution in [0.4, 0.5) is 17.5 Å². The van der Waals surface area contributed by atoms with Crippen LogP contribution >= 0.6 is 11.6 Å². The third kappa shape index (κ3) is 4.93. The fourth-order valence-corrected chi connectivity index (χ4v) is 2.81. The highest BCUT2D eigenvalue weighted by atomic mass is 35.5. The van der Waals surface area contributed by atoms with Gasteiger partial charge in [0.1, 0.15) is 0 Å². The predicted molar refractivity (Wildman–Crippen MR) is 94.2 cm³/mol. The maximum atomic E-state index is 5.97. The lowest BCUT2D eigenvalue weighted by molar-refractivity contribution is 0.679. The number of hydrogen-bond acceptors (Lipinski definition) is 5. The van der Waals surface area contributed by atoms with Crippen LogP contribution in [-0.2, 0) is 0 Å². The van der Waals surface area contributed by atoms with Crippen LogP contribution in [0.1, 0.15) is 32.1 Å².